The number of benzene rings is 1. The Morgan fingerprint density at radius 1 is 1.10 bits per heavy atom. The van der Waals surface area contributed by atoms with E-state index in [1.807, 2.05) is 12.1 Å². The highest BCUT2D eigenvalue weighted by molar-refractivity contribution is 9.10. The highest BCUT2D eigenvalue weighted by Crippen LogP contribution is 2.24. The van der Waals surface area contributed by atoms with Gasteiger partial charge in [-0.3, -0.25) is 4.90 Å². The molecule has 0 amide bonds. The summed E-state index contributed by atoms with van der Waals surface area (Å²) in [6.45, 7) is 4.12. The van der Waals surface area contributed by atoms with Gasteiger partial charge in [-0.05, 0) is 59.6 Å². The van der Waals surface area contributed by atoms with Gasteiger partial charge in [0.15, 0.2) is 4.67 Å². The van der Waals surface area contributed by atoms with Crippen LogP contribution in [0.4, 0.5) is 0 Å². The SMILES string of the molecule is Brc1ccc(CNCC(c2ccccc2)N2CCCC2)o1. The fourth-order valence-corrected chi connectivity index (χ4v) is 3.31. The summed E-state index contributed by atoms with van der Waals surface area (Å²) in [4.78, 5) is 2.58. The van der Waals surface area contributed by atoms with Crippen LogP contribution < -0.4 is 5.32 Å². The largest absolute Gasteiger partial charge is 0.453 e. The third-order valence-corrected chi connectivity index (χ3v) is 4.46. The third kappa shape index (κ3) is 3.96. The predicted molar refractivity (Wildman–Crippen MR) is 88.1 cm³/mol. The van der Waals surface area contributed by atoms with Crippen molar-refractivity contribution in [1.29, 1.82) is 0 Å². The van der Waals surface area contributed by atoms with Gasteiger partial charge < -0.3 is 9.73 Å². The topological polar surface area (TPSA) is 28.4 Å². The van der Waals surface area contributed by atoms with Gasteiger partial charge in [0.1, 0.15) is 5.76 Å². The van der Waals surface area contributed by atoms with Crippen molar-refractivity contribution in [3.63, 3.8) is 0 Å². The van der Waals surface area contributed by atoms with Gasteiger partial charge in [0.05, 0.1) is 6.54 Å². The first-order chi connectivity index (χ1) is 10.3. The van der Waals surface area contributed by atoms with E-state index in [-0.39, 0.29) is 0 Å². The van der Waals surface area contributed by atoms with Crippen LogP contribution in [0.25, 0.3) is 0 Å². The molecule has 2 heterocycles. The predicted octanol–water partition coefficient (Wildman–Crippen LogP) is 3.97. The van der Waals surface area contributed by atoms with Crippen molar-refractivity contribution in [2.45, 2.75) is 25.4 Å². The zero-order valence-electron chi connectivity index (χ0n) is 12.1. The lowest BCUT2D eigenvalue weighted by Crippen LogP contribution is -2.33. The second-order valence-electron chi connectivity index (χ2n) is 5.51. The van der Waals surface area contributed by atoms with E-state index in [0.29, 0.717) is 6.04 Å². The van der Waals surface area contributed by atoms with Crippen LogP contribution in [0.2, 0.25) is 0 Å². The van der Waals surface area contributed by atoms with E-state index < -0.39 is 0 Å². The molecule has 21 heavy (non-hydrogen) atoms. The van der Waals surface area contributed by atoms with Gasteiger partial charge in [0.2, 0.25) is 0 Å². The van der Waals surface area contributed by atoms with Gasteiger partial charge in [0.25, 0.3) is 0 Å². The van der Waals surface area contributed by atoms with Gasteiger partial charge in [0, 0.05) is 12.6 Å². The van der Waals surface area contributed by atoms with Gasteiger partial charge in [-0.1, -0.05) is 30.3 Å². The lowest BCUT2D eigenvalue weighted by atomic mass is 10.1. The van der Waals surface area contributed by atoms with Gasteiger partial charge in [-0.15, -0.1) is 0 Å². The van der Waals surface area contributed by atoms with E-state index in [1.54, 1.807) is 0 Å². The minimum absolute atomic E-state index is 0.451. The Morgan fingerprint density at radius 2 is 1.86 bits per heavy atom. The molecule has 1 aliphatic rings. The maximum atomic E-state index is 5.54. The van der Waals surface area contributed by atoms with Crippen LogP contribution in [-0.2, 0) is 6.54 Å². The molecule has 0 radical (unpaired) electrons. The lowest BCUT2D eigenvalue weighted by molar-refractivity contribution is 0.236. The molecule has 3 nitrogen and oxygen atoms in total. The van der Waals surface area contributed by atoms with E-state index in [4.69, 9.17) is 4.42 Å². The normalized spacial score (nSPS) is 17.2. The molecule has 1 saturated heterocycles. The summed E-state index contributed by atoms with van der Waals surface area (Å²) in [5, 5.41) is 3.53. The maximum Gasteiger partial charge on any atom is 0.169 e. The van der Waals surface area contributed by atoms with Crippen molar-refractivity contribution >= 4 is 15.9 Å². The van der Waals surface area contributed by atoms with Gasteiger partial charge in [-0.2, -0.15) is 0 Å². The molecule has 1 aromatic heterocycles. The average Bonchev–Trinajstić information content (AvgIpc) is 3.16. The van der Waals surface area contributed by atoms with E-state index in [2.05, 4.69) is 56.5 Å². The molecule has 112 valence electrons. The Kier molecular flexibility index (Phi) is 5.12. The van der Waals surface area contributed by atoms with Crippen LogP contribution in [0.1, 0.15) is 30.2 Å². The number of halogens is 1. The van der Waals surface area contributed by atoms with Crippen molar-refractivity contribution < 1.29 is 4.42 Å². The Balaban J connectivity index is 1.62. The minimum Gasteiger partial charge on any atom is -0.453 e. The van der Waals surface area contributed by atoms with Crippen molar-refractivity contribution in [3.8, 4) is 0 Å². The zero-order valence-corrected chi connectivity index (χ0v) is 13.7. The van der Waals surface area contributed by atoms with Crippen molar-refractivity contribution in [1.82, 2.24) is 10.2 Å². The fraction of sp³-hybridized carbons (Fsp3) is 0.412. The molecule has 1 N–H and O–H groups in total. The maximum absolute atomic E-state index is 5.54. The van der Waals surface area contributed by atoms with E-state index in [0.717, 1.165) is 23.5 Å². The molecule has 1 aromatic carbocycles. The van der Waals surface area contributed by atoms with Crippen LogP contribution in [-0.4, -0.2) is 24.5 Å². The lowest BCUT2D eigenvalue weighted by Gasteiger charge is -2.28. The molecule has 1 aliphatic heterocycles. The van der Waals surface area contributed by atoms with Crippen LogP contribution in [0.15, 0.2) is 51.6 Å². The second-order valence-corrected chi connectivity index (χ2v) is 6.29. The summed E-state index contributed by atoms with van der Waals surface area (Å²) < 4.78 is 6.33. The Bertz CT molecular complexity index is 549. The second kappa shape index (κ2) is 7.25. The van der Waals surface area contributed by atoms with E-state index in [9.17, 15) is 0 Å². The van der Waals surface area contributed by atoms with Crippen molar-refractivity contribution in [2.24, 2.45) is 0 Å². The number of furan rings is 1. The summed E-state index contributed by atoms with van der Waals surface area (Å²) in [6, 6.07) is 15.2. The van der Waals surface area contributed by atoms with Crippen molar-refractivity contribution in [2.75, 3.05) is 19.6 Å². The molecule has 0 spiro atoms. The van der Waals surface area contributed by atoms with Crippen LogP contribution in [0.5, 0.6) is 0 Å². The molecular weight excluding hydrogens is 328 g/mol. The summed E-state index contributed by atoms with van der Waals surface area (Å²) in [7, 11) is 0. The quantitative estimate of drug-likeness (QED) is 0.856. The zero-order chi connectivity index (χ0) is 14.5. The van der Waals surface area contributed by atoms with Crippen LogP contribution >= 0.6 is 15.9 Å². The Hall–Kier alpha value is -1.10. The Labute approximate surface area is 134 Å². The highest BCUT2D eigenvalue weighted by atomic mass is 79.9. The fourth-order valence-electron chi connectivity index (χ4n) is 2.97. The monoisotopic (exact) mass is 348 g/mol. The van der Waals surface area contributed by atoms with Crippen molar-refractivity contribution in [3.05, 3.63) is 58.5 Å². The minimum atomic E-state index is 0.451. The first-order valence-corrected chi connectivity index (χ1v) is 8.36. The number of rotatable bonds is 6. The Morgan fingerprint density at radius 3 is 2.52 bits per heavy atom. The van der Waals surface area contributed by atoms with Gasteiger partial charge >= 0.3 is 0 Å². The standard InChI is InChI=1S/C17H21BrN2O/c18-17-9-8-15(21-17)12-19-13-16(20-10-4-5-11-20)14-6-2-1-3-7-14/h1-3,6-9,16,19H,4-5,10-13H2. The van der Waals surface area contributed by atoms with E-state index >= 15 is 0 Å². The number of hydrogen-bond donors (Lipinski definition) is 1. The average molecular weight is 349 g/mol. The molecule has 1 unspecified atom stereocenters. The number of likely N-dealkylation sites (tertiary alicyclic amines) is 1. The molecule has 1 atom stereocenters. The smallest absolute Gasteiger partial charge is 0.169 e. The molecule has 0 saturated carbocycles. The third-order valence-electron chi connectivity index (χ3n) is 4.03. The number of nitrogens with zero attached hydrogens (tertiary/aromatic N) is 1. The van der Waals surface area contributed by atoms with Crippen LogP contribution in [0.3, 0.4) is 0 Å². The molecule has 2 aromatic rings. The van der Waals surface area contributed by atoms with Crippen LogP contribution in [0, 0.1) is 0 Å². The highest BCUT2D eigenvalue weighted by Gasteiger charge is 2.22. The van der Waals surface area contributed by atoms with Gasteiger partial charge in [-0.25, -0.2) is 0 Å². The summed E-state index contributed by atoms with van der Waals surface area (Å²) in [6.07, 6.45) is 2.63. The summed E-state index contributed by atoms with van der Waals surface area (Å²) in [5.41, 5.74) is 1.40. The molecule has 3 rings (SSSR count). The number of nitrogens with one attached hydrogen (secondary N) is 1. The first-order valence-electron chi connectivity index (χ1n) is 7.57. The number of hydrogen-bond acceptors (Lipinski definition) is 3. The molecule has 1 fully saturated rings. The van der Waals surface area contributed by atoms with E-state index in [1.165, 1.54) is 31.5 Å². The summed E-state index contributed by atoms with van der Waals surface area (Å²) in [5.74, 6) is 0.968. The molecular formula is C17H21BrN2O. The summed E-state index contributed by atoms with van der Waals surface area (Å²) >= 11 is 3.34. The molecule has 4 heteroatoms. The molecule has 0 bridgehead atoms. The molecule has 0 aliphatic carbocycles. The first kappa shape index (κ1) is 14.8.